The van der Waals surface area contributed by atoms with Crippen molar-refractivity contribution in [1.82, 2.24) is 15.0 Å². The Balaban J connectivity index is 1.72. The van der Waals surface area contributed by atoms with E-state index in [1.807, 2.05) is 48.5 Å². The van der Waals surface area contributed by atoms with Crippen LogP contribution in [0, 0.1) is 0 Å². The van der Waals surface area contributed by atoms with Crippen molar-refractivity contribution in [2.45, 2.75) is 0 Å². The van der Waals surface area contributed by atoms with Gasteiger partial charge in [-0.3, -0.25) is 0 Å². The summed E-state index contributed by atoms with van der Waals surface area (Å²) >= 11 is 6.28. The quantitative estimate of drug-likeness (QED) is 0.343. The first kappa shape index (κ1) is 17.5. The maximum atomic E-state index is 6.28. The summed E-state index contributed by atoms with van der Waals surface area (Å²) in [5.74, 6) is 1.13. The number of nitrogens with zero attached hydrogens (tertiary/aromatic N) is 3. The Morgan fingerprint density at radius 2 is 1.10 bits per heavy atom. The molecule has 0 saturated heterocycles. The lowest BCUT2D eigenvalue weighted by Crippen LogP contribution is -1.98. The van der Waals surface area contributed by atoms with E-state index in [2.05, 4.69) is 58.5 Å². The fourth-order valence-corrected chi connectivity index (χ4v) is 3.72. The van der Waals surface area contributed by atoms with Crippen molar-refractivity contribution in [3.63, 3.8) is 0 Å². The van der Waals surface area contributed by atoms with Crippen LogP contribution >= 0.6 is 11.6 Å². The highest BCUT2D eigenvalue weighted by molar-refractivity contribution is 6.28. The second kappa shape index (κ2) is 7.46. The summed E-state index contributed by atoms with van der Waals surface area (Å²) in [4.78, 5) is 13.5. The van der Waals surface area contributed by atoms with Crippen molar-refractivity contribution in [3.8, 4) is 33.9 Å². The molecule has 0 aliphatic rings. The molecule has 138 valence electrons. The molecule has 0 N–H and O–H groups in total. The summed E-state index contributed by atoms with van der Waals surface area (Å²) in [6, 6.07) is 32.6. The molecule has 0 unspecified atom stereocenters. The zero-order valence-electron chi connectivity index (χ0n) is 15.5. The largest absolute Gasteiger partial charge is 0.226 e. The number of benzene rings is 4. The first-order valence-electron chi connectivity index (χ1n) is 9.34. The molecular weight excluding hydrogens is 378 g/mol. The van der Waals surface area contributed by atoms with E-state index in [0.717, 1.165) is 22.3 Å². The Labute approximate surface area is 173 Å². The Bertz CT molecular complexity index is 1310. The Hall–Kier alpha value is -3.56. The van der Waals surface area contributed by atoms with Gasteiger partial charge >= 0.3 is 0 Å². The molecule has 5 aromatic rings. The molecule has 4 heteroatoms. The van der Waals surface area contributed by atoms with Gasteiger partial charge in [-0.1, -0.05) is 97.1 Å². The molecule has 0 bridgehead atoms. The van der Waals surface area contributed by atoms with E-state index < -0.39 is 0 Å². The van der Waals surface area contributed by atoms with Gasteiger partial charge in [0.25, 0.3) is 0 Å². The second-order valence-corrected chi connectivity index (χ2v) is 7.03. The molecule has 3 nitrogen and oxygen atoms in total. The van der Waals surface area contributed by atoms with Crippen LogP contribution in [0.2, 0.25) is 5.28 Å². The third-order valence-electron chi connectivity index (χ3n) is 4.89. The molecule has 0 radical (unpaired) electrons. The molecule has 29 heavy (non-hydrogen) atoms. The molecule has 1 aromatic heterocycles. The number of aromatic nitrogens is 3. The van der Waals surface area contributed by atoms with Crippen LogP contribution in [0.15, 0.2) is 97.1 Å². The molecule has 0 fully saturated rings. The van der Waals surface area contributed by atoms with Crippen LogP contribution in [0.5, 0.6) is 0 Å². The fourth-order valence-electron chi connectivity index (χ4n) is 3.56. The van der Waals surface area contributed by atoms with Gasteiger partial charge in [0.1, 0.15) is 0 Å². The number of hydrogen-bond acceptors (Lipinski definition) is 3. The predicted molar refractivity (Wildman–Crippen MR) is 119 cm³/mol. The van der Waals surface area contributed by atoms with Crippen LogP contribution in [0.4, 0.5) is 0 Å². The molecule has 0 atom stereocenters. The maximum Gasteiger partial charge on any atom is 0.226 e. The van der Waals surface area contributed by atoms with Crippen molar-refractivity contribution in [2.75, 3.05) is 0 Å². The van der Waals surface area contributed by atoms with Crippen molar-refractivity contribution in [1.29, 1.82) is 0 Å². The lowest BCUT2D eigenvalue weighted by molar-refractivity contribution is 1.07. The van der Waals surface area contributed by atoms with E-state index >= 15 is 0 Å². The molecule has 0 aliphatic heterocycles. The van der Waals surface area contributed by atoms with Gasteiger partial charge in [-0.2, -0.15) is 9.97 Å². The normalized spacial score (nSPS) is 10.9. The van der Waals surface area contributed by atoms with Crippen LogP contribution in [0.1, 0.15) is 0 Å². The topological polar surface area (TPSA) is 38.7 Å². The summed E-state index contributed by atoms with van der Waals surface area (Å²) in [5, 5.41) is 2.56. The minimum absolute atomic E-state index is 0.182. The first-order chi connectivity index (χ1) is 14.3. The average Bonchev–Trinajstić information content (AvgIpc) is 2.79. The highest BCUT2D eigenvalue weighted by Gasteiger charge is 2.14. The summed E-state index contributed by atoms with van der Waals surface area (Å²) < 4.78 is 0. The minimum Gasteiger partial charge on any atom is -0.208 e. The average molecular weight is 394 g/mol. The molecule has 0 aliphatic carbocycles. The fraction of sp³-hybridized carbons (Fsp3) is 0. The molecule has 1 heterocycles. The van der Waals surface area contributed by atoms with Gasteiger partial charge in [-0.25, -0.2) is 4.98 Å². The zero-order valence-corrected chi connectivity index (χ0v) is 16.2. The smallest absolute Gasteiger partial charge is 0.208 e. The van der Waals surface area contributed by atoms with Gasteiger partial charge in [-0.15, -0.1) is 0 Å². The second-order valence-electron chi connectivity index (χ2n) is 6.69. The monoisotopic (exact) mass is 393 g/mol. The van der Waals surface area contributed by atoms with Gasteiger partial charge < -0.3 is 0 Å². The van der Waals surface area contributed by atoms with Gasteiger partial charge in [0.05, 0.1) is 0 Å². The zero-order chi connectivity index (χ0) is 19.6. The summed E-state index contributed by atoms with van der Waals surface area (Å²) in [5.41, 5.74) is 4.02. The summed E-state index contributed by atoms with van der Waals surface area (Å²) in [7, 11) is 0. The Morgan fingerprint density at radius 3 is 1.97 bits per heavy atom. The molecule has 4 aromatic carbocycles. The highest BCUT2D eigenvalue weighted by atomic mass is 35.5. The van der Waals surface area contributed by atoms with Crippen molar-refractivity contribution < 1.29 is 0 Å². The maximum absolute atomic E-state index is 6.28. The minimum atomic E-state index is 0.182. The molecular formula is C25H16ClN3. The van der Waals surface area contributed by atoms with Gasteiger partial charge in [0, 0.05) is 11.1 Å². The standard InChI is InChI=1S/C25H16ClN3/c26-25-28-23(18-10-2-1-3-11-18)27-24(29-25)22-15-7-6-14-21(22)20-16-8-12-17-9-4-5-13-19(17)20/h1-16H. The van der Waals surface area contributed by atoms with Crippen molar-refractivity contribution in [2.24, 2.45) is 0 Å². The van der Waals surface area contributed by atoms with Crippen LogP contribution in [-0.4, -0.2) is 15.0 Å². The van der Waals surface area contributed by atoms with E-state index in [4.69, 9.17) is 16.6 Å². The lowest BCUT2D eigenvalue weighted by atomic mass is 9.94. The SMILES string of the molecule is Clc1nc(-c2ccccc2)nc(-c2ccccc2-c2cccc3ccccc23)n1. The first-order valence-corrected chi connectivity index (χ1v) is 9.72. The van der Waals surface area contributed by atoms with Gasteiger partial charge in [-0.05, 0) is 33.5 Å². The molecule has 0 spiro atoms. The van der Waals surface area contributed by atoms with Crippen molar-refractivity contribution >= 4 is 22.4 Å². The number of hydrogen-bond donors (Lipinski definition) is 0. The van der Waals surface area contributed by atoms with Crippen LogP contribution < -0.4 is 0 Å². The lowest BCUT2D eigenvalue weighted by Gasteiger charge is -2.12. The third-order valence-corrected chi connectivity index (χ3v) is 5.06. The van der Waals surface area contributed by atoms with E-state index in [0.29, 0.717) is 11.6 Å². The number of halogens is 1. The van der Waals surface area contributed by atoms with Crippen molar-refractivity contribution in [3.05, 3.63) is 102 Å². The van der Waals surface area contributed by atoms with Crippen LogP contribution in [0.25, 0.3) is 44.7 Å². The summed E-state index contributed by atoms with van der Waals surface area (Å²) in [6.45, 7) is 0. The van der Waals surface area contributed by atoms with Crippen LogP contribution in [0.3, 0.4) is 0 Å². The van der Waals surface area contributed by atoms with Gasteiger partial charge in [0.2, 0.25) is 5.28 Å². The van der Waals surface area contributed by atoms with E-state index in [-0.39, 0.29) is 5.28 Å². The van der Waals surface area contributed by atoms with E-state index in [1.54, 1.807) is 0 Å². The Morgan fingerprint density at radius 1 is 0.483 bits per heavy atom. The molecule has 5 rings (SSSR count). The number of rotatable bonds is 3. The highest BCUT2D eigenvalue weighted by Crippen LogP contribution is 2.35. The predicted octanol–water partition coefficient (Wildman–Crippen LogP) is 6.68. The van der Waals surface area contributed by atoms with E-state index in [1.165, 1.54) is 10.8 Å². The number of fused-ring (bicyclic) bond motifs is 1. The van der Waals surface area contributed by atoms with Gasteiger partial charge in [0.15, 0.2) is 11.6 Å². The molecule has 0 saturated carbocycles. The van der Waals surface area contributed by atoms with E-state index in [9.17, 15) is 0 Å². The summed E-state index contributed by atoms with van der Waals surface area (Å²) in [6.07, 6.45) is 0. The molecule has 0 amide bonds. The van der Waals surface area contributed by atoms with Crippen LogP contribution in [-0.2, 0) is 0 Å². The Kier molecular flexibility index (Phi) is 4.51. The third kappa shape index (κ3) is 3.37.